The number of rotatable bonds is 10. The summed E-state index contributed by atoms with van der Waals surface area (Å²) in [5.41, 5.74) is 3.89. The summed E-state index contributed by atoms with van der Waals surface area (Å²) >= 11 is 0. The zero-order chi connectivity index (χ0) is 38.3. The lowest BCUT2D eigenvalue weighted by Gasteiger charge is -2.71. The molecule has 5 aliphatic carbocycles. The lowest BCUT2D eigenvalue weighted by atomic mass is 9.33. The molecule has 0 bridgehead atoms. The molecule has 7 rings (SSSR count). The summed E-state index contributed by atoms with van der Waals surface area (Å²) in [6, 6.07) is 15.4. The molecule has 0 amide bonds. The van der Waals surface area contributed by atoms with Crippen molar-refractivity contribution in [2.45, 2.75) is 104 Å². The van der Waals surface area contributed by atoms with Gasteiger partial charge in [-0.05, 0) is 171 Å². The summed E-state index contributed by atoms with van der Waals surface area (Å²) in [7, 11) is 3.30. The van der Waals surface area contributed by atoms with Crippen molar-refractivity contribution in [3.8, 4) is 11.5 Å². The van der Waals surface area contributed by atoms with E-state index in [1.165, 1.54) is 37.7 Å². The van der Waals surface area contributed by atoms with Crippen molar-refractivity contribution in [1.29, 1.82) is 0 Å². The minimum absolute atomic E-state index is 0.00542. The third-order valence-electron chi connectivity index (χ3n) is 16.1. The van der Waals surface area contributed by atoms with Crippen LogP contribution >= 0.6 is 0 Å². The van der Waals surface area contributed by atoms with E-state index in [1.807, 2.05) is 60.7 Å². The van der Waals surface area contributed by atoms with Crippen LogP contribution in [0.5, 0.6) is 11.5 Å². The van der Waals surface area contributed by atoms with E-state index in [4.69, 9.17) is 18.9 Å². The zero-order valence-electron chi connectivity index (χ0n) is 33.5. The summed E-state index contributed by atoms with van der Waals surface area (Å²) in [5, 5.41) is 0. The van der Waals surface area contributed by atoms with Gasteiger partial charge < -0.3 is 18.9 Å². The Kier molecular flexibility index (Phi) is 10.7. The van der Waals surface area contributed by atoms with E-state index in [-0.39, 0.29) is 39.7 Å². The molecule has 2 aromatic carbocycles. The number of allylic oxidation sites excluding steroid dienone is 1. The minimum Gasteiger partial charge on any atom is -0.497 e. The zero-order valence-corrected chi connectivity index (χ0v) is 33.5. The van der Waals surface area contributed by atoms with Crippen molar-refractivity contribution in [3.63, 3.8) is 0 Å². The van der Waals surface area contributed by atoms with Gasteiger partial charge in [0.2, 0.25) is 0 Å². The van der Waals surface area contributed by atoms with E-state index in [1.54, 1.807) is 26.4 Å². The first-order valence-corrected chi connectivity index (χ1v) is 20.5. The first-order chi connectivity index (χ1) is 25.8. The molecule has 290 valence electrons. The average Bonchev–Trinajstić information content (AvgIpc) is 3.57. The second kappa shape index (κ2) is 15.0. The molecule has 0 aromatic heterocycles. The Hall–Kier alpha value is -3.80. The predicted octanol–water partition coefficient (Wildman–Crippen LogP) is 10.9. The Balaban J connectivity index is 1.03. The third-order valence-corrected chi connectivity index (χ3v) is 16.1. The second-order valence-electron chi connectivity index (χ2n) is 18.3. The molecular formula is C48H62O6. The van der Waals surface area contributed by atoms with E-state index in [0.717, 1.165) is 61.2 Å². The molecule has 54 heavy (non-hydrogen) atoms. The lowest BCUT2D eigenvalue weighted by molar-refractivity contribution is -0.232. The highest BCUT2D eigenvalue weighted by Gasteiger charge is 2.69. The largest absolute Gasteiger partial charge is 0.497 e. The molecule has 10 atom stereocenters. The Labute approximate surface area is 323 Å². The fraction of sp³-hybridized carbons (Fsp3) is 0.583. The Morgan fingerprint density at radius 1 is 0.741 bits per heavy atom. The van der Waals surface area contributed by atoms with Crippen LogP contribution in [0.4, 0.5) is 0 Å². The van der Waals surface area contributed by atoms with Gasteiger partial charge in [0.1, 0.15) is 17.6 Å². The molecule has 6 heteroatoms. The van der Waals surface area contributed by atoms with Crippen LogP contribution in [0, 0.1) is 51.2 Å². The molecular weight excluding hydrogens is 673 g/mol. The van der Waals surface area contributed by atoms with Gasteiger partial charge in [0.05, 0.1) is 20.8 Å². The highest BCUT2D eigenvalue weighted by molar-refractivity contribution is 5.87. The molecule has 0 N–H and O–H groups in total. The number of hydrogen-bond acceptors (Lipinski definition) is 6. The Morgan fingerprint density at radius 3 is 1.98 bits per heavy atom. The average molecular weight is 735 g/mol. The van der Waals surface area contributed by atoms with Crippen LogP contribution in [0.15, 0.2) is 72.8 Å². The van der Waals surface area contributed by atoms with Gasteiger partial charge in [0, 0.05) is 17.6 Å². The van der Waals surface area contributed by atoms with E-state index >= 15 is 0 Å². The first kappa shape index (κ1) is 38.5. The quantitative estimate of drug-likeness (QED) is 0.137. The van der Waals surface area contributed by atoms with Crippen molar-refractivity contribution in [2.24, 2.45) is 51.2 Å². The van der Waals surface area contributed by atoms with Crippen LogP contribution in [0.1, 0.15) is 109 Å². The lowest BCUT2D eigenvalue weighted by Crippen LogP contribution is -2.65. The standard InChI is InChI=1S/C48H62O6/c1-32(2)39-24-27-48(31-53-42(49)20-12-33-8-14-36(51-6)15-9-33)29-28-46(4)40(44(39)48)18-19-41-45(3)25-23-38(30-35(45)22-26-47(41,46)5)54-43(50)21-13-34-10-16-37(52-7)17-11-34/h8-17,20-21,35,38-41,44H,1,18-19,22-31H2,2-7H3/b20-12+,21-13+. The minimum atomic E-state index is -0.262. The number of ether oxygens (including phenoxy) is 4. The molecule has 0 saturated heterocycles. The van der Waals surface area contributed by atoms with E-state index in [2.05, 4.69) is 34.3 Å². The number of benzene rings is 2. The molecule has 5 aliphatic rings. The summed E-state index contributed by atoms with van der Waals surface area (Å²) in [4.78, 5) is 26.1. The van der Waals surface area contributed by atoms with Gasteiger partial charge in [0.15, 0.2) is 0 Å². The summed E-state index contributed by atoms with van der Waals surface area (Å²) < 4.78 is 22.8. The fourth-order valence-corrected chi connectivity index (χ4v) is 13.0. The maximum atomic E-state index is 13.1. The molecule has 6 nitrogen and oxygen atoms in total. The van der Waals surface area contributed by atoms with Crippen molar-refractivity contribution < 1.29 is 28.5 Å². The van der Waals surface area contributed by atoms with Crippen LogP contribution in [0.2, 0.25) is 0 Å². The van der Waals surface area contributed by atoms with E-state index in [0.29, 0.717) is 36.2 Å². The molecule has 0 spiro atoms. The van der Waals surface area contributed by atoms with Gasteiger partial charge in [0.25, 0.3) is 0 Å². The Morgan fingerprint density at radius 2 is 1.37 bits per heavy atom. The summed E-state index contributed by atoms with van der Waals surface area (Å²) in [6.07, 6.45) is 19.2. The number of methoxy groups -OCH3 is 2. The SMILES string of the molecule is C=C(C)C1CCC2(COC(=O)/C=C/c3ccc(OC)cc3)CCC3(C)C(CCC4C5(C)CCC(OC(=O)/C=C/c6ccc(OC)cc6)CC5CCC43C)C12. The van der Waals surface area contributed by atoms with Crippen LogP contribution < -0.4 is 9.47 Å². The van der Waals surface area contributed by atoms with Crippen LogP contribution in [0.3, 0.4) is 0 Å². The van der Waals surface area contributed by atoms with Crippen molar-refractivity contribution in [3.05, 3.63) is 84.0 Å². The van der Waals surface area contributed by atoms with Gasteiger partial charge in [-0.3, -0.25) is 0 Å². The monoisotopic (exact) mass is 734 g/mol. The van der Waals surface area contributed by atoms with Gasteiger partial charge in [-0.2, -0.15) is 0 Å². The van der Waals surface area contributed by atoms with Gasteiger partial charge in [-0.25, -0.2) is 9.59 Å². The molecule has 0 radical (unpaired) electrons. The number of fused-ring (bicyclic) bond motifs is 7. The van der Waals surface area contributed by atoms with Crippen LogP contribution in [0.25, 0.3) is 12.2 Å². The van der Waals surface area contributed by atoms with Crippen LogP contribution in [-0.2, 0) is 19.1 Å². The predicted molar refractivity (Wildman–Crippen MR) is 215 cm³/mol. The Bertz CT molecular complexity index is 1760. The van der Waals surface area contributed by atoms with Crippen molar-refractivity contribution >= 4 is 24.1 Å². The summed E-state index contributed by atoms with van der Waals surface area (Å²) in [6.45, 7) is 15.2. The fourth-order valence-electron chi connectivity index (χ4n) is 13.0. The normalized spacial score (nSPS) is 37.1. The molecule has 10 unspecified atom stereocenters. The van der Waals surface area contributed by atoms with Crippen LogP contribution in [-0.4, -0.2) is 38.9 Å². The topological polar surface area (TPSA) is 71.1 Å². The van der Waals surface area contributed by atoms with Crippen molar-refractivity contribution in [2.75, 3.05) is 20.8 Å². The molecule has 2 aromatic rings. The van der Waals surface area contributed by atoms with E-state index < -0.39 is 0 Å². The molecule has 0 heterocycles. The van der Waals surface area contributed by atoms with Gasteiger partial charge >= 0.3 is 11.9 Å². The number of carbonyl (C=O) groups excluding carboxylic acids is 2. The highest BCUT2D eigenvalue weighted by atomic mass is 16.5. The second-order valence-corrected chi connectivity index (χ2v) is 18.3. The third kappa shape index (κ3) is 6.85. The summed E-state index contributed by atoms with van der Waals surface area (Å²) in [5.74, 6) is 3.83. The maximum absolute atomic E-state index is 13.1. The number of hydrogen-bond donors (Lipinski definition) is 0. The highest BCUT2D eigenvalue weighted by Crippen LogP contribution is 2.76. The molecule has 0 aliphatic heterocycles. The van der Waals surface area contributed by atoms with Gasteiger partial charge in [-0.1, -0.05) is 57.2 Å². The molecule has 5 saturated carbocycles. The first-order valence-electron chi connectivity index (χ1n) is 20.5. The maximum Gasteiger partial charge on any atom is 0.331 e. The number of esters is 2. The smallest absolute Gasteiger partial charge is 0.331 e. The van der Waals surface area contributed by atoms with E-state index in [9.17, 15) is 9.59 Å². The van der Waals surface area contributed by atoms with Crippen molar-refractivity contribution in [1.82, 2.24) is 0 Å². The number of carbonyl (C=O) groups is 2. The molecule has 5 fully saturated rings. The van der Waals surface area contributed by atoms with Gasteiger partial charge in [-0.15, -0.1) is 0 Å².